The molecule has 1 amide bonds. The molecule has 0 saturated carbocycles. The van der Waals surface area contributed by atoms with Crippen LogP contribution >= 0.6 is 11.8 Å². The number of rotatable bonds is 9. The van der Waals surface area contributed by atoms with Crippen LogP contribution in [-0.2, 0) is 11.3 Å². The molecule has 3 N–H and O–H groups in total. The Morgan fingerprint density at radius 3 is 2.31 bits per heavy atom. The lowest BCUT2D eigenvalue weighted by Gasteiger charge is -2.29. The van der Waals surface area contributed by atoms with Gasteiger partial charge in [-0.2, -0.15) is 0 Å². The molecule has 0 spiro atoms. The average Bonchev–Trinajstić information content (AvgIpc) is 2.74. The molecule has 1 aliphatic rings. The number of methoxy groups -OCH3 is 1. The van der Waals surface area contributed by atoms with Crippen LogP contribution in [0.5, 0.6) is 5.75 Å². The topological polar surface area (TPSA) is 47.2 Å². The van der Waals surface area contributed by atoms with Gasteiger partial charge in [0, 0.05) is 22.8 Å². The van der Waals surface area contributed by atoms with Gasteiger partial charge in [0.2, 0.25) is 0 Å². The normalized spacial score (nSPS) is 19.0. The largest absolute Gasteiger partial charge is 0.497 e. The van der Waals surface area contributed by atoms with Crippen LogP contribution in [0.1, 0.15) is 11.1 Å². The van der Waals surface area contributed by atoms with Gasteiger partial charge >= 0.3 is 0 Å². The molecular formula is C23H33N3O2S+2. The van der Waals surface area contributed by atoms with Crippen LogP contribution in [0.15, 0.2) is 53.4 Å². The van der Waals surface area contributed by atoms with Crippen molar-refractivity contribution in [2.24, 2.45) is 0 Å². The first-order valence-electron chi connectivity index (χ1n) is 10.4. The zero-order valence-corrected chi connectivity index (χ0v) is 18.3. The van der Waals surface area contributed by atoms with E-state index in [9.17, 15) is 4.79 Å². The second kappa shape index (κ2) is 11.2. The standard InChI is InChI=1S/C23H31N3O2S/c1-19-3-9-22(10-4-19)29-16-11-24-23(27)18-26-14-12-25(13-15-26)17-20-5-7-21(28-2)8-6-20/h3-10H,11-18H2,1-2H3,(H,24,27)/p+2. The summed E-state index contributed by atoms with van der Waals surface area (Å²) in [6.45, 7) is 8.77. The van der Waals surface area contributed by atoms with Gasteiger partial charge in [-0.15, -0.1) is 11.8 Å². The summed E-state index contributed by atoms with van der Waals surface area (Å²) >= 11 is 1.79. The molecule has 0 atom stereocenters. The van der Waals surface area contributed by atoms with E-state index in [0.29, 0.717) is 6.54 Å². The molecular weight excluding hydrogens is 382 g/mol. The summed E-state index contributed by atoms with van der Waals surface area (Å²) in [6, 6.07) is 16.9. The number of benzene rings is 2. The average molecular weight is 416 g/mol. The zero-order valence-electron chi connectivity index (χ0n) is 17.5. The van der Waals surface area contributed by atoms with Crippen LogP contribution in [0.3, 0.4) is 0 Å². The van der Waals surface area contributed by atoms with Crippen LogP contribution in [0.4, 0.5) is 0 Å². The minimum Gasteiger partial charge on any atom is -0.497 e. The molecule has 1 fully saturated rings. The van der Waals surface area contributed by atoms with Crippen molar-refractivity contribution in [2.75, 3.05) is 52.1 Å². The molecule has 0 aliphatic carbocycles. The van der Waals surface area contributed by atoms with Crippen molar-refractivity contribution in [2.45, 2.75) is 18.4 Å². The molecule has 0 radical (unpaired) electrons. The van der Waals surface area contributed by atoms with Crippen LogP contribution in [0.25, 0.3) is 0 Å². The molecule has 5 nitrogen and oxygen atoms in total. The maximum Gasteiger partial charge on any atom is 0.275 e. The van der Waals surface area contributed by atoms with E-state index in [-0.39, 0.29) is 5.91 Å². The Morgan fingerprint density at radius 2 is 1.66 bits per heavy atom. The first kappa shape index (κ1) is 21.7. The molecule has 0 bridgehead atoms. The van der Waals surface area contributed by atoms with E-state index in [1.54, 1.807) is 23.8 Å². The number of hydrogen-bond acceptors (Lipinski definition) is 3. The van der Waals surface area contributed by atoms with E-state index in [2.05, 4.69) is 48.6 Å². The number of ether oxygens (including phenoxy) is 1. The van der Waals surface area contributed by atoms with E-state index in [1.165, 1.54) is 20.9 Å². The summed E-state index contributed by atoms with van der Waals surface area (Å²) in [6.07, 6.45) is 0. The zero-order chi connectivity index (χ0) is 20.5. The first-order chi connectivity index (χ1) is 14.1. The number of quaternary nitrogens is 2. The molecule has 0 unspecified atom stereocenters. The second-order valence-corrected chi connectivity index (χ2v) is 8.88. The Kier molecular flexibility index (Phi) is 8.40. The van der Waals surface area contributed by atoms with E-state index in [4.69, 9.17) is 4.74 Å². The van der Waals surface area contributed by atoms with Crippen molar-refractivity contribution in [3.63, 3.8) is 0 Å². The SMILES string of the molecule is COc1ccc(C[NH+]2CC[NH+](CC(=O)NCCSc3ccc(C)cc3)CC2)cc1. The quantitative estimate of drug-likeness (QED) is 0.405. The van der Waals surface area contributed by atoms with Gasteiger partial charge in [0.15, 0.2) is 6.54 Å². The van der Waals surface area contributed by atoms with Gasteiger partial charge in [-0.1, -0.05) is 17.7 Å². The van der Waals surface area contributed by atoms with E-state index in [1.807, 2.05) is 12.1 Å². The Labute approximate surface area is 178 Å². The summed E-state index contributed by atoms with van der Waals surface area (Å²) in [5, 5.41) is 3.07. The fourth-order valence-corrected chi connectivity index (χ4v) is 4.39. The Balaban J connectivity index is 1.29. The van der Waals surface area contributed by atoms with Crippen LogP contribution in [-0.4, -0.2) is 58.0 Å². The minimum absolute atomic E-state index is 0.170. The molecule has 2 aromatic rings. The van der Waals surface area contributed by atoms with Crippen LogP contribution in [0.2, 0.25) is 0 Å². The number of hydrogen-bond donors (Lipinski definition) is 3. The molecule has 3 rings (SSSR count). The fraction of sp³-hybridized carbons (Fsp3) is 0.435. The monoisotopic (exact) mass is 415 g/mol. The Morgan fingerprint density at radius 1 is 1.00 bits per heavy atom. The van der Waals surface area contributed by atoms with Gasteiger partial charge in [-0.05, 0) is 43.3 Å². The van der Waals surface area contributed by atoms with Gasteiger partial charge in [-0.3, -0.25) is 4.79 Å². The van der Waals surface area contributed by atoms with Gasteiger partial charge in [0.1, 0.15) is 38.5 Å². The molecule has 156 valence electrons. The van der Waals surface area contributed by atoms with Crippen molar-refractivity contribution in [1.29, 1.82) is 0 Å². The van der Waals surface area contributed by atoms with E-state index in [0.717, 1.165) is 50.8 Å². The van der Waals surface area contributed by atoms with Crippen molar-refractivity contribution < 1.29 is 19.3 Å². The summed E-state index contributed by atoms with van der Waals surface area (Å²) < 4.78 is 5.22. The van der Waals surface area contributed by atoms with Crippen molar-refractivity contribution >= 4 is 17.7 Å². The number of amides is 1. The number of carbonyl (C=O) groups excluding carboxylic acids is 1. The highest BCUT2D eigenvalue weighted by Gasteiger charge is 2.24. The molecule has 6 heteroatoms. The van der Waals surface area contributed by atoms with Crippen molar-refractivity contribution in [3.8, 4) is 5.75 Å². The van der Waals surface area contributed by atoms with Crippen molar-refractivity contribution in [3.05, 3.63) is 59.7 Å². The third-order valence-electron chi connectivity index (χ3n) is 5.40. The third-order valence-corrected chi connectivity index (χ3v) is 6.42. The van der Waals surface area contributed by atoms with Crippen LogP contribution in [0, 0.1) is 6.92 Å². The Bertz CT molecular complexity index is 757. The molecule has 1 aliphatic heterocycles. The van der Waals surface area contributed by atoms with Gasteiger partial charge in [0.25, 0.3) is 5.91 Å². The molecule has 1 saturated heterocycles. The number of carbonyl (C=O) groups is 1. The number of nitrogens with one attached hydrogen (secondary N) is 3. The first-order valence-corrected chi connectivity index (χ1v) is 11.4. The van der Waals surface area contributed by atoms with E-state index >= 15 is 0 Å². The lowest BCUT2D eigenvalue weighted by Crippen LogP contribution is -3.28. The predicted octanol–water partition coefficient (Wildman–Crippen LogP) is 0.196. The maximum atomic E-state index is 12.2. The molecule has 1 heterocycles. The van der Waals surface area contributed by atoms with Crippen molar-refractivity contribution in [1.82, 2.24) is 5.32 Å². The van der Waals surface area contributed by atoms with Crippen LogP contribution < -0.4 is 19.9 Å². The highest BCUT2D eigenvalue weighted by Crippen LogP contribution is 2.17. The van der Waals surface area contributed by atoms with Gasteiger partial charge in [0.05, 0.1) is 7.11 Å². The lowest BCUT2D eigenvalue weighted by atomic mass is 10.2. The number of thioether (sulfide) groups is 1. The summed E-state index contributed by atoms with van der Waals surface area (Å²) in [5.41, 5.74) is 2.62. The maximum absolute atomic E-state index is 12.2. The summed E-state index contributed by atoms with van der Waals surface area (Å²) in [4.78, 5) is 16.5. The smallest absolute Gasteiger partial charge is 0.275 e. The third kappa shape index (κ3) is 7.38. The minimum atomic E-state index is 0.170. The summed E-state index contributed by atoms with van der Waals surface area (Å²) in [7, 11) is 1.70. The second-order valence-electron chi connectivity index (χ2n) is 7.71. The molecule has 2 aromatic carbocycles. The fourth-order valence-electron chi connectivity index (χ4n) is 3.63. The molecule has 29 heavy (non-hydrogen) atoms. The number of piperazine rings is 1. The molecule has 0 aromatic heterocycles. The highest BCUT2D eigenvalue weighted by molar-refractivity contribution is 7.99. The summed E-state index contributed by atoms with van der Waals surface area (Å²) in [5.74, 6) is 1.98. The van der Waals surface area contributed by atoms with E-state index < -0.39 is 0 Å². The lowest BCUT2D eigenvalue weighted by molar-refractivity contribution is -1.02. The highest BCUT2D eigenvalue weighted by atomic mass is 32.2. The number of aryl methyl sites for hydroxylation is 1. The Hall–Kier alpha value is -2.02. The van der Waals surface area contributed by atoms with Gasteiger partial charge in [-0.25, -0.2) is 0 Å². The predicted molar refractivity (Wildman–Crippen MR) is 118 cm³/mol. The van der Waals surface area contributed by atoms with Gasteiger partial charge < -0.3 is 19.9 Å².